The Bertz CT molecular complexity index is 1250. The lowest BCUT2D eigenvalue weighted by Gasteiger charge is -2.27. The molecule has 1 aliphatic heterocycles. The number of hydrogen-bond donors (Lipinski definition) is 1. The largest absolute Gasteiger partial charge is 0.369 e. The second-order valence-electron chi connectivity index (χ2n) is 8.88. The van der Waals surface area contributed by atoms with E-state index in [-0.39, 0.29) is 0 Å². The van der Waals surface area contributed by atoms with Crippen LogP contribution < -0.4 is 4.90 Å². The Morgan fingerprint density at radius 3 is 2.75 bits per heavy atom. The first-order valence-electron chi connectivity index (χ1n) is 11.2. The van der Waals surface area contributed by atoms with Gasteiger partial charge >= 0.3 is 0 Å². The van der Waals surface area contributed by atoms with Gasteiger partial charge in [-0.05, 0) is 57.5 Å². The van der Waals surface area contributed by atoms with Crippen molar-refractivity contribution in [1.82, 2.24) is 30.0 Å². The number of likely N-dealkylation sites (tertiary alicyclic amines) is 1. The first-order chi connectivity index (χ1) is 15.5. The Morgan fingerprint density at radius 1 is 1.09 bits per heavy atom. The molecule has 0 radical (unpaired) electrons. The Labute approximate surface area is 188 Å². The average Bonchev–Trinajstić information content (AvgIpc) is 3.48. The van der Waals surface area contributed by atoms with Crippen molar-refractivity contribution < 1.29 is 0 Å². The summed E-state index contributed by atoms with van der Waals surface area (Å²) in [5.41, 5.74) is 7.28. The minimum atomic E-state index is 0.493. The third-order valence-electron chi connectivity index (χ3n) is 6.45. The Morgan fingerprint density at radius 2 is 1.97 bits per heavy atom. The monoisotopic (exact) mass is 427 g/mol. The van der Waals surface area contributed by atoms with Crippen LogP contribution in [0.25, 0.3) is 33.7 Å². The number of aromatic amines is 1. The van der Waals surface area contributed by atoms with E-state index in [9.17, 15) is 0 Å². The molecular weight excluding hydrogens is 398 g/mol. The molecule has 7 nitrogen and oxygen atoms in total. The van der Waals surface area contributed by atoms with Gasteiger partial charge in [0, 0.05) is 49.7 Å². The number of anilines is 1. The average molecular weight is 428 g/mol. The molecule has 4 aromatic heterocycles. The van der Waals surface area contributed by atoms with Gasteiger partial charge in [0.05, 0.1) is 34.3 Å². The predicted octanol–water partition coefficient (Wildman–Crippen LogP) is 4.31. The third kappa shape index (κ3) is 3.84. The molecule has 0 spiro atoms. The SMILES string of the molecule is Cc1cccc(-c2n[nH]cc2-c2ccc3ncc(N(C)[C@@H]4CCN(C(C)C)C4)cc3n2)n1. The number of likely N-dealkylation sites (N-methyl/N-ethyl adjacent to an activating group) is 1. The van der Waals surface area contributed by atoms with Crippen molar-refractivity contribution in [2.75, 3.05) is 25.0 Å². The molecule has 5 heterocycles. The number of aryl methyl sites for hydroxylation is 1. The number of fused-ring (bicyclic) bond motifs is 1. The molecule has 164 valence electrons. The molecule has 5 rings (SSSR count). The quantitative estimate of drug-likeness (QED) is 0.512. The molecule has 0 saturated carbocycles. The second kappa shape index (κ2) is 8.31. The van der Waals surface area contributed by atoms with Gasteiger partial charge in [-0.2, -0.15) is 5.10 Å². The number of nitrogens with one attached hydrogen (secondary N) is 1. The number of aromatic nitrogens is 5. The van der Waals surface area contributed by atoms with Gasteiger partial charge in [-0.25, -0.2) is 4.98 Å². The maximum atomic E-state index is 4.95. The number of H-pyrrole nitrogens is 1. The summed E-state index contributed by atoms with van der Waals surface area (Å²) in [7, 11) is 2.17. The van der Waals surface area contributed by atoms with Crippen molar-refractivity contribution >= 4 is 16.7 Å². The van der Waals surface area contributed by atoms with Gasteiger partial charge in [0.2, 0.25) is 0 Å². The van der Waals surface area contributed by atoms with Crippen molar-refractivity contribution in [3.05, 3.63) is 54.5 Å². The van der Waals surface area contributed by atoms with Gasteiger partial charge < -0.3 is 4.90 Å². The van der Waals surface area contributed by atoms with Crippen LogP contribution in [0.2, 0.25) is 0 Å². The minimum absolute atomic E-state index is 0.493. The summed E-state index contributed by atoms with van der Waals surface area (Å²) in [5.74, 6) is 0. The van der Waals surface area contributed by atoms with Gasteiger partial charge in [0.25, 0.3) is 0 Å². The zero-order chi connectivity index (χ0) is 22.2. The van der Waals surface area contributed by atoms with E-state index in [4.69, 9.17) is 4.98 Å². The maximum Gasteiger partial charge on any atom is 0.120 e. The van der Waals surface area contributed by atoms with Crippen LogP contribution in [0, 0.1) is 6.92 Å². The van der Waals surface area contributed by atoms with Crippen LogP contribution in [0.15, 0.2) is 48.8 Å². The lowest BCUT2D eigenvalue weighted by atomic mass is 10.1. The van der Waals surface area contributed by atoms with Crippen molar-refractivity contribution in [3.63, 3.8) is 0 Å². The van der Waals surface area contributed by atoms with Crippen molar-refractivity contribution in [1.29, 1.82) is 0 Å². The molecule has 0 unspecified atom stereocenters. The highest BCUT2D eigenvalue weighted by Gasteiger charge is 2.27. The molecule has 4 aromatic rings. The summed E-state index contributed by atoms with van der Waals surface area (Å²) >= 11 is 0. The van der Waals surface area contributed by atoms with Gasteiger partial charge in [-0.3, -0.25) is 20.0 Å². The first-order valence-corrected chi connectivity index (χ1v) is 11.2. The number of pyridine rings is 3. The lowest BCUT2D eigenvalue weighted by molar-refractivity contribution is 0.272. The van der Waals surface area contributed by atoms with Gasteiger partial charge in [-0.1, -0.05) is 6.07 Å². The molecule has 1 N–H and O–H groups in total. The van der Waals surface area contributed by atoms with Crippen LogP contribution >= 0.6 is 0 Å². The molecule has 0 aliphatic carbocycles. The highest BCUT2D eigenvalue weighted by Crippen LogP contribution is 2.30. The summed E-state index contributed by atoms with van der Waals surface area (Å²) in [6, 6.07) is 13.2. The fraction of sp³-hybridized carbons (Fsp3) is 0.360. The van der Waals surface area contributed by atoms with E-state index in [1.165, 1.54) is 6.42 Å². The molecule has 7 heteroatoms. The van der Waals surface area contributed by atoms with E-state index in [0.717, 1.165) is 58.1 Å². The van der Waals surface area contributed by atoms with Gasteiger partial charge in [0.1, 0.15) is 5.69 Å². The summed E-state index contributed by atoms with van der Waals surface area (Å²) < 4.78 is 0. The van der Waals surface area contributed by atoms with Crippen LogP contribution in [0.4, 0.5) is 5.69 Å². The summed E-state index contributed by atoms with van der Waals surface area (Å²) in [5, 5.41) is 7.43. The Balaban J connectivity index is 1.47. The van der Waals surface area contributed by atoms with Crippen molar-refractivity contribution in [3.8, 4) is 22.6 Å². The number of hydrogen-bond acceptors (Lipinski definition) is 6. The first kappa shape index (κ1) is 20.6. The molecule has 1 aliphatic rings. The molecule has 1 atom stereocenters. The number of rotatable bonds is 5. The van der Waals surface area contributed by atoms with Crippen LogP contribution in [0.5, 0.6) is 0 Å². The minimum Gasteiger partial charge on any atom is -0.369 e. The highest BCUT2D eigenvalue weighted by molar-refractivity contribution is 5.84. The van der Waals surface area contributed by atoms with Crippen LogP contribution in [0.3, 0.4) is 0 Å². The van der Waals surface area contributed by atoms with Crippen molar-refractivity contribution in [2.45, 2.75) is 39.3 Å². The summed E-state index contributed by atoms with van der Waals surface area (Å²) in [6.45, 7) is 8.75. The summed E-state index contributed by atoms with van der Waals surface area (Å²) in [6.07, 6.45) is 5.01. The van der Waals surface area contributed by atoms with E-state index in [2.05, 4.69) is 56.9 Å². The molecule has 0 bridgehead atoms. The zero-order valence-corrected chi connectivity index (χ0v) is 19.1. The van der Waals surface area contributed by atoms with E-state index in [1.54, 1.807) is 0 Å². The fourth-order valence-corrected chi connectivity index (χ4v) is 4.46. The van der Waals surface area contributed by atoms with E-state index < -0.39 is 0 Å². The third-order valence-corrected chi connectivity index (χ3v) is 6.45. The molecule has 1 saturated heterocycles. The zero-order valence-electron chi connectivity index (χ0n) is 19.1. The fourth-order valence-electron chi connectivity index (χ4n) is 4.46. The van der Waals surface area contributed by atoms with E-state index >= 15 is 0 Å². The smallest absolute Gasteiger partial charge is 0.120 e. The molecule has 32 heavy (non-hydrogen) atoms. The standard InChI is InChI=1S/C25H29N7/c1-16(2)32-11-10-18(15-32)31(4)19-12-24-22(26-13-19)9-8-21(29-24)20-14-27-30-25(20)23-7-5-6-17(3)28-23/h5-9,12-14,16,18H,10-11,15H2,1-4H3,(H,27,30)/t18-/m1/s1. The van der Waals surface area contributed by atoms with E-state index in [1.807, 2.05) is 49.6 Å². The molecule has 1 fully saturated rings. The van der Waals surface area contributed by atoms with Crippen LogP contribution in [-0.4, -0.2) is 62.3 Å². The van der Waals surface area contributed by atoms with E-state index in [0.29, 0.717) is 12.1 Å². The lowest BCUT2D eigenvalue weighted by Crippen LogP contribution is -2.36. The maximum absolute atomic E-state index is 4.95. The predicted molar refractivity (Wildman–Crippen MR) is 129 cm³/mol. The highest BCUT2D eigenvalue weighted by atomic mass is 15.3. The topological polar surface area (TPSA) is 73.8 Å². The normalized spacial score (nSPS) is 16.8. The van der Waals surface area contributed by atoms with Gasteiger partial charge in [-0.15, -0.1) is 0 Å². The van der Waals surface area contributed by atoms with Crippen LogP contribution in [0.1, 0.15) is 26.0 Å². The van der Waals surface area contributed by atoms with Crippen LogP contribution in [-0.2, 0) is 0 Å². The summed E-state index contributed by atoms with van der Waals surface area (Å²) in [4.78, 5) is 19.2. The molecule has 0 aromatic carbocycles. The Hall–Kier alpha value is -3.32. The van der Waals surface area contributed by atoms with Crippen molar-refractivity contribution in [2.24, 2.45) is 0 Å². The second-order valence-corrected chi connectivity index (χ2v) is 8.88. The molecule has 0 amide bonds. The number of nitrogens with zero attached hydrogens (tertiary/aromatic N) is 6. The van der Waals surface area contributed by atoms with Gasteiger partial charge in [0.15, 0.2) is 0 Å². The molecular formula is C25H29N7. The Kier molecular flexibility index (Phi) is 5.35.